The highest BCUT2D eigenvalue weighted by Gasteiger charge is 2.32. The maximum atomic E-state index is 12.8. The number of hydrogen-bond donors (Lipinski definition) is 0. The Morgan fingerprint density at radius 1 is 1.07 bits per heavy atom. The molecule has 144 valence electrons. The number of rotatable bonds is 3. The lowest BCUT2D eigenvalue weighted by molar-refractivity contribution is 0.0742. The maximum Gasteiger partial charge on any atom is 0.274 e. The summed E-state index contributed by atoms with van der Waals surface area (Å²) in [6.45, 7) is 5.13. The predicted molar refractivity (Wildman–Crippen MR) is 108 cm³/mol. The molecule has 0 unspecified atom stereocenters. The number of hydrogen-bond acceptors (Lipinski definition) is 4. The average molecular weight is 384 g/mol. The molecule has 0 N–H and O–H groups in total. The first-order valence-corrected chi connectivity index (χ1v) is 9.49. The molecule has 5 rings (SSSR count). The Morgan fingerprint density at radius 3 is 2.62 bits per heavy atom. The first-order chi connectivity index (χ1) is 14.1. The Labute approximate surface area is 168 Å². The molecule has 0 saturated heterocycles. The number of aromatic nitrogens is 5. The van der Waals surface area contributed by atoms with Gasteiger partial charge in [-0.1, -0.05) is 17.7 Å². The second-order valence-corrected chi connectivity index (χ2v) is 7.29. The molecule has 0 aliphatic carbocycles. The van der Waals surface area contributed by atoms with Gasteiger partial charge in [0, 0.05) is 30.4 Å². The van der Waals surface area contributed by atoms with Gasteiger partial charge in [-0.2, -0.15) is 5.10 Å². The van der Waals surface area contributed by atoms with Crippen LogP contribution in [-0.2, 0) is 13.1 Å². The molecule has 4 aromatic rings. The Morgan fingerprint density at radius 2 is 1.90 bits per heavy atom. The zero-order valence-electron chi connectivity index (χ0n) is 16.3. The van der Waals surface area contributed by atoms with Crippen LogP contribution in [-0.4, -0.2) is 35.1 Å². The molecule has 0 radical (unpaired) electrons. The molecule has 7 nitrogen and oxygen atoms in total. The van der Waals surface area contributed by atoms with E-state index in [1.165, 1.54) is 18.0 Å². The summed E-state index contributed by atoms with van der Waals surface area (Å²) >= 11 is 0. The number of amides is 1. The molecular weight excluding hydrogens is 364 g/mol. The molecule has 7 heteroatoms. The van der Waals surface area contributed by atoms with Crippen LogP contribution in [0.4, 0.5) is 0 Å². The van der Waals surface area contributed by atoms with Crippen LogP contribution in [0.5, 0.6) is 0 Å². The highest BCUT2D eigenvalue weighted by molar-refractivity contribution is 5.92. The van der Waals surface area contributed by atoms with Crippen molar-refractivity contribution in [2.24, 2.45) is 0 Å². The SMILES string of the molecule is Cc1ccc(-n2nc3c(c2-n2cccc2)CN(C(=O)c2cnccn2)C3)c(C)c1. The van der Waals surface area contributed by atoms with Crippen LogP contribution < -0.4 is 0 Å². The van der Waals surface area contributed by atoms with Gasteiger partial charge < -0.3 is 9.47 Å². The highest BCUT2D eigenvalue weighted by atomic mass is 16.2. The standard InChI is InChI=1S/C22H20N6O/c1-15-5-6-20(16(2)11-15)28-21(26-9-3-4-10-26)17-13-27(14-19(17)25-28)22(29)18-12-23-7-8-24-18/h3-12H,13-14H2,1-2H3. The Kier molecular flexibility index (Phi) is 4.01. The average Bonchev–Trinajstić information content (AvgIpc) is 3.44. The molecule has 3 aromatic heterocycles. The van der Waals surface area contributed by atoms with E-state index in [-0.39, 0.29) is 5.91 Å². The lowest BCUT2D eigenvalue weighted by Crippen LogP contribution is -2.27. The van der Waals surface area contributed by atoms with E-state index in [1.807, 2.05) is 29.2 Å². The van der Waals surface area contributed by atoms with Crippen molar-refractivity contribution in [3.05, 3.63) is 89.4 Å². The number of nitrogens with zero attached hydrogens (tertiary/aromatic N) is 6. The van der Waals surface area contributed by atoms with Crippen molar-refractivity contribution in [1.29, 1.82) is 0 Å². The molecule has 0 saturated carbocycles. The summed E-state index contributed by atoms with van der Waals surface area (Å²) in [6.07, 6.45) is 8.61. The van der Waals surface area contributed by atoms with Gasteiger partial charge in [-0.3, -0.25) is 9.78 Å². The van der Waals surface area contributed by atoms with Crippen LogP contribution in [0.2, 0.25) is 0 Å². The number of benzene rings is 1. The van der Waals surface area contributed by atoms with E-state index in [1.54, 1.807) is 11.1 Å². The minimum absolute atomic E-state index is 0.132. The Balaban J connectivity index is 1.58. The van der Waals surface area contributed by atoms with Gasteiger partial charge in [-0.05, 0) is 37.6 Å². The Bertz CT molecular complexity index is 1190. The summed E-state index contributed by atoms with van der Waals surface area (Å²) < 4.78 is 4.05. The summed E-state index contributed by atoms with van der Waals surface area (Å²) in [5.74, 6) is 0.832. The topological polar surface area (TPSA) is 68.8 Å². The lowest BCUT2D eigenvalue weighted by Gasteiger charge is -2.17. The molecule has 1 aromatic carbocycles. The van der Waals surface area contributed by atoms with E-state index in [2.05, 4.69) is 46.6 Å². The van der Waals surface area contributed by atoms with Crippen molar-refractivity contribution in [2.75, 3.05) is 0 Å². The number of carbonyl (C=O) groups excluding carboxylic acids is 1. The second kappa shape index (κ2) is 6.70. The third-order valence-corrected chi connectivity index (χ3v) is 5.23. The summed E-state index contributed by atoms with van der Waals surface area (Å²) in [7, 11) is 0. The van der Waals surface area contributed by atoms with Gasteiger partial charge in [0.15, 0.2) is 0 Å². The smallest absolute Gasteiger partial charge is 0.274 e. The quantitative estimate of drug-likeness (QED) is 0.544. The van der Waals surface area contributed by atoms with E-state index in [0.717, 1.165) is 28.3 Å². The van der Waals surface area contributed by atoms with Gasteiger partial charge in [0.25, 0.3) is 5.91 Å². The maximum absolute atomic E-state index is 12.8. The van der Waals surface area contributed by atoms with Crippen LogP contribution in [0, 0.1) is 13.8 Å². The van der Waals surface area contributed by atoms with Gasteiger partial charge in [0.2, 0.25) is 0 Å². The number of carbonyl (C=O) groups is 1. The van der Waals surface area contributed by atoms with E-state index in [9.17, 15) is 4.79 Å². The monoisotopic (exact) mass is 384 g/mol. The molecule has 0 bridgehead atoms. The molecule has 29 heavy (non-hydrogen) atoms. The fourth-order valence-electron chi connectivity index (χ4n) is 3.87. The van der Waals surface area contributed by atoms with E-state index >= 15 is 0 Å². The molecule has 1 aliphatic rings. The predicted octanol–water partition coefficient (Wildman–Crippen LogP) is 3.23. The normalized spacial score (nSPS) is 13.0. The van der Waals surface area contributed by atoms with Crippen molar-refractivity contribution in [3.8, 4) is 11.5 Å². The van der Waals surface area contributed by atoms with Crippen LogP contribution in [0.3, 0.4) is 0 Å². The summed E-state index contributed by atoms with van der Waals surface area (Å²) in [5.41, 5.74) is 5.73. The summed E-state index contributed by atoms with van der Waals surface area (Å²) in [6, 6.07) is 10.3. The molecule has 0 fully saturated rings. The molecule has 1 amide bonds. The van der Waals surface area contributed by atoms with Crippen LogP contribution in [0.25, 0.3) is 11.5 Å². The number of aryl methyl sites for hydroxylation is 2. The largest absolute Gasteiger partial charge is 0.327 e. The highest BCUT2D eigenvalue weighted by Crippen LogP contribution is 2.32. The van der Waals surface area contributed by atoms with Crippen molar-refractivity contribution < 1.29 is 4.79 Å². The van der Waals surface area contributed by atoms with Gasteiger partial charge in [0.05, 0.1) is 30.7 Å². The number of fused-ring (bicyclic) bond motifs is 1. The third-order valence-electron chi connectivity index (χ3n) is 5.23. The minimum Gasteiger partial charge on any atom is -0.327 e. The zero-order chi connectivity index (χ0) is 20.0. The molecule has 0 atom stereocenters. The third kappa shape index (κ3) is 2.91. The zero-order valence-corrected chi connectivity index (χ0v) is 16.3. The van der Waals surface area contributed by atoms with Crippen molar-refractivity contribution >= 4 is 5.91 Å². The van der Waals surface area contributed by atoms with Crippen molar-refractivity contribution in [3.63, 3.8) is 0 Å². The lowest BCUT2D eigenvalue weighted by atomic mass is 10.1. The fraction of sp³-hybridized carbons (Fsp3) is 0.182. The fourth-order valence-corrected chi connectivity index (χ4v) is 3.87. The summed E-state index contributed by atoms with van der Waals surface area (Å²) in [4.78, 5) is 22.8. The molecule has 4 heterocycles. The van der Waals surface area contributed by atoms with Crippen LogP contribution in [0.15, 0.2) is 61.3 Å². The van der Waals surface area contributed by atoms with Gasteiger partial charge >= 0.3 is 0 Å². The second-order valence-electron chi connectivity index (χ2n) is 7.29. The van der Waals surface area contributed by atoms with Gasteiger partial charge in [-0.15, -0.1) is 0 Å². The van der Waals surface area contributed by atoms with E-state index in [4.69, 9.17) is 5.10 Å². The van der Waals surface area contributed by atoms with Crippen LogP contribution >= 0.6 is 0 Å². The molecule has 1 aliphatic heterocycles. The van der Waals surface area contributed by atoms with Gasteiger partial charge in [0.1, 0.15) is 11.5 Å². The minimum atomic E-state index is -0.132. The van der Waals surface area contributed by atoms with Crippen LogP contribution in [0.1, 0.15) is 32.9 Å². The first-order valence-electron chi connectivity index (χ1n) is 9.49. The molecule has 0 spiro atoms. The summed E-state index contributed by atoms with van der Waals surface area (Å²) in [5, 5.41) is 4.90. The first kappa shape index (κ1) is 17.4. The van der Waals surface area contributed by atoms with E-state index < -0.39 is 0 Å². The molecular formula is C22H20N6O. The van der Waals surface area contributed by atoms with Crippen molar-refractivity contribution in [1.82, 2.24) is 29.2 Å². The Hall–Kier alpha value is -3.74. The van der Waals surface area contributed by atoms with E-state index in [0.29, 0.717) is 18.8 Å². The van der Waals surface area contributed by atoms with Crippen molar-refractivity contribution in [2.45, 2.75) is 26.9 Å². The van der Waals surface area contributed by atoms with Gasteiger partial charge in [-0.25, -0.2) is 9.67 Å².